The molecule has 72 valence electrons. The van der Waals surface area contributed by atoms with Crippen LogP contribution >= 0.6 is 12.4 Å². The van der Waals surface area contributed by atoms with Crippen molar-refractivity contribution in [2.75, 3.05) is 0 Å². The average molecular weight is 203 g/mol. The van der Waals surface area contributed by atoms with E-state index in [-0.39, 0.29) is 24.1 Å². The molecule has 0 fully saturated rings. The second-order valence-electron chi connectivity index (χ2n) is 2.60. The molecule has 0 aliphatic rings. The number of benzene rings is 1. The maximum atomic E-state index is 10.5. The second-order valence-corrected chi connectivity index (χ2v) is 2.60. The molecule has 4 nitrogen and oxygen atoms in total. The van der Waals surface area contributed by atoms with Crippen molar-refractivity contribution >= 4 is 18.1 Å². The van der Waals surface area contributed by atoms with Gasteiger partial charge in [-0.05, 0) is 6.92 Å². The minimum atomic E-state index is -0.418. The lowest BCUT2D eigenvalue weighted by Crippen LogP contribution is -2.07. The SMILES string of the molecule is C[C@H](N)c1ccccc1[N+](=O)[O-].Cl. The lowest BCUT2D eigenvalue weighted by atomic mass is 10.1. The molecule has 13 heavy (non-hydrogen) atoms. The Balaban J connectivity index is 0.00000144. The molecule has 0 unspecified atom stereocenters. The number of nitrogens with zero attached hydrogens (tertiary/aromatic N) is 1. The zero-order chi connectivity index (χ0) is 9.14. The van der Waals surface area contributed by atoms with Crippen LogP contribution in [0.3, 0.4) is 0 Å². The van der Waals surface area contributed by atoms with Gasteiger partial charge in [-0.3, -0.25) is 10.1 Å². The van der Waals surface area contributed by atoms with Gasteiger partial charge in [-0.1, -0.05) is 18.2 Å². The summed E-state index contributed by atoms with van der Waals surface area (Å²) in [6.45, 7) is 1.72. The minimum Gasteiger partial charge on any atom is -0.324 e. The monoisotopic (exact) mass is 202 g/mol. The van der Waals surface area contributed by atoms with Crippen LogP contribution in [0.5, 0.6) is 0 Å². The minimum absolute atomic E-state index is 0. The van der Waals surface area contributed by atoms with Crippen molar-refractivity contribution in [1.82, 2.24) is 0 Å². The normalized spacial score (nSPS) is 11.5. The first-order valence-corrected chi connectivity index (χ1v) is 3.62. The zero-order valence-electron chi connectivity index (χ0n) is 7.14. The molecule has 0 bridgehead atoms. The Hall–Kier alpha value is -1.13. The third kappa shape index (κ3) is 2.68. The standard InChI is InChI=1S/C8H10N2O2.ClH/c1-6(9)7-4-2-3-5-8(7)10(11)12;/h2-6H,9H2,1H3;1H/t6-;/m0./s1. The van der Waals surface area contributed by atoms with Crippen LogP contribution in [0, 0.1) is 10.1 Å². The van der Waals surface area contributed by atoms with E-state index in [1.165, 1.54) is 6.07 Å². The molecular weight excluding hydrogens is 192 g/mol. The molecule has 1 rings (SSSR count). The molecule has 1 aromatic rings. The Morgan fingerprint density at radius 2 is 2.00 bits per heavy atom. The van der Waals surface area contributed by atoms with Gasteiger partial charge in [0.05, 0.1) is 4.92 Å². The van der Waals surface area contributed by atoms with Crippen LogP contribution in [0.4, 0.5) is 5.69 Å². The van der Waals surface area contributed by atoms with E-state index >= 15 is 0 Å². The van der Waals surface area contributed by atoms with Crippen LogP contribution in [-0.2, 0) is 0 Å². The summed E-state index contributed by atoms with van der Waals surface area (Å²) in [7, 11) is 0. The van der Waals surface area contributed by atoms with Crippen LogP contribution < -0.4 is 5.73 Å². The van der Waals surface area contributed by atoms with E-state index in [1.807, 2.05) is 0 Å². The van der Waals surface area contributed by atoms with Crippen molar-refractivity contribution in [2.45, 2.75) is 13.0 Å². The first-order chi connectivity index (χ1) is 5.63. The number of hydrogen-bond donors (Lipinski definition) is 1. The average Bonchev–Trinajstić information content (AvgIpc) is 2.04. The Kier molecular flexibility index (Phi) is 4.37. The smallest absolute Gasteiger partial charge is 0.274 e. The summed E-state index contributed by atoms with van der Waals surface area (Å²) in [4.78, 5) is 10.1. The number of nitro groups is 1. The summed E-state index contributed by atoms with van der Waals surface area (Å²) in [6, 6.07) is 6.20. The van der Waals surface area contributed by atoms with Gasteiger partial charge >= 0.3 is 0 Å². The van der Waals surface area contributed by atoms with Crippen molar-refractivity contribution in [2.24, 2.45) is 5.73 Å². The summed E-state index contributed by atoms with van der Waals surface area (Å²) in [6.07, 6.45) is 0. The quantitative estimate of drug-likeness (QED) is 0.589. The molecule has 0 saturated heterocycles. The number of hydrogen-bond acceptors (Lipinski definition) is 3. The summed E-state index contributed by atoms with van der Waals surface area (Å²) in [5, 5.41) is 10.5. The second kappa shape index (κ2) is 4.79. The first kappa shape index (κ1) is 11.9. The van der Waals surface area contributed by atoms with Crippen molar-refractivity contribution < 1.29 is 4.92 Å². The zero-order valence-corrected chi connectivity index (χ0v) is 7.95. The lowest BCUT2D eigenvalue weighted by Gasteiger charge is -2.04. The van der Waals surface area contributed by atoms with Gasteiger partial charge in [-0.2, -0.15) is 0 Å². The van der Waals surface area contributed by atoms with Crippen molar-refractivity contribution in [1.29, 1.82) is 0 Å². The van der Waals surface area contributed by atoms with Crippen LogP contribution in [0.2, 0.25) is 0 Å². The van der Waals surface area contributed by atoms with Crippen LogP contribution in [-0.4, -0.2) is 4.92 Å². The van der Waals surface area contributed by atoms with Gasteiger partial charge in [0.25, 0.3) is 5.69 Å². The molecule has 5 heteroatoms. The maximum Gasteiger partial charge on any atom is 0.274 e. The van der Waals surface area contributed by atoms with E-state index in [9.17, 15) is 10.1 Å². The molecule has 0 heterocycles. The molecule has 2 N–H and O–H groups in total. The molecule has 1 atom stereocenters. The van der Waals surface area contributed by atoms with Crippen molar-refractivity contribution in [3.05, 3.63) is 39.9 Å². The summed E-state index contributed by atoms with van der Waals surface area (Å²) < 4.78 is 0. The fourth-order valence-electron chi connectivity index (χ4n) is 1.04. The number of nitro benzene ring substituents is 1. The first-order valence-electron chi connectivity index (χ1n) is 3.62. The van der Waals surface area contributed by atoms with Crippen LogP contribution in [0.15, 0.2) is 24.3 Å². The van der Waals surface area contributed by atoms with Gasteiger partial charge in [-0.25, -0.2) is 0 Å². The van der Waals surface area contributed by atoms with Gasteiger partial charge in [-0.15, -0.1) is 12.4 Å². The predicted molar refractivity (Wildman–Crippen MR) is 52.9 cm³/mol. The third-order valence-corrected chi connectivity index (χ3v) is 1.62. The summed E-state index contributed by atoms with van der Waals surface area (Å²) >= 11 is 0. The highest BCUT2D eigenvalue weighted by molar-refractivity contribution is 5.85. The maximum absolute atomic E-state index is 10.5. The molecule has 0 aromatic heterocycles. The molecule has 0 aliphatic carbocycles. The Morgan fingerprint density at radius 3 is 2.38 bits per heavy atom. The fraction of sp³-hybridized carbons (Fsp3) is 0.250. The number of nitrogens with two attached hydrogens (primary N) is 1. The molecule has 0 radical (unpaired) electrons. The number of para-hydroxylation sites is 1. The van der Waals surface area contributed by atoms with E-state index in [4.69, 9.17) is 5.73 Å². The topological polar surface area (TPSA) is 69.2 Å². The van der Waals surface area contributed by atoms with E-state index in [1.54, 1.807) is 25.1 Å². The molecule has 1 aromatic carbocycles. The third-order valence-electron chi connectivity index (χ3n) is 1.62. The van der Waals surface area contributed by atoms with Crippen LogP contribution in [0.25, 0.3) is 0 Å². The van der Waals surface area contributed by atoms with Gasteiger partial charge in [0.2, 0.25) is 0 Å². The van der Waals surface area contributed by atoms with E-state index < -0.39 is 4.92 Å². The van der Waals surface area contributed by atoms with E-state index in [0.29, 0.717) is 5.56 Å². The molecule has 0 aliphatic heterocycles. The largest absolute Gasteiger partial charge is 0.324 e. The highest BCUT2D eigenvalue weighted by Crippen LogP contribution is 2.22. The van der Waals surface area contributed by atoms with E-state index in [2.05, 4.69) is 0 Å². The van der Waals surface area contributed by atoms with Crippen LogP contribution in [0.1, 0.15) is 18.5 Å². The van der Waals surface area contributed by atoms with Gasteiger partial charge in [0.1, 0.15) is 0 Å². The Labute approximate surface area is 82.3 Å². The highest BCUT2D eigenvalue weighted by atomic mass is 35.5. The Morgan fingerprint density at radius 1 is 1.46 bits per heavy atom. The molecule has 0 amide bonds. The predicted octanol–water partition coefficient (Wildman–Crippen LogP) is 2.04. The lowest BCUT2D eigenvalue weighted by molar-refractivity contribution is -0.385. The molecular formula is C8H11ClN2O2. The van der Waals surface area contributed by atoms with Crippen molar-refractivity contribution in [3.63, 3.8) is 0 Å². The number of halogens is 1. The molecule has 0 spiro atoms. The van der Waals surface area contributed by atoms with E-state index in [0.717, 1.165) is 0 Å². The van der Waals surface area contributed by atoms with Gasteiger partial charge < -0.3 is 5.73 Å². The Bertz CT molecular complexity index is 302. The molecule has 0 saturated carbocycles. The number of rotatable bonds is 2. The van der Waals surface area contributed by atoms with Crippen molar-refractivity contribution in [3.8, 4) is 0 Å². The van der Waals surface area contributed by atoms with Gasteiger partial charge in [0.15, 0.2) is 0 Å². The highest BCUT2D eigenvalue weighted by Gasteiger charge is 2.14. The summed E-state index contributed by atoms with van der Waals surface area (Å²) in [5.41, 5.74) is 6.21. The summed E-state index contributed by atoms with van der Waals surface area (Å²) in [5.74, 6) is 0. The van der Waals surface area contributed by atoms with Gasteiger partial charge in [0, 0.05) is 17.7 Å². The fourth-order valence-corrected chi connectivity index (χ4v) is 1.04.